The number of carbonyl (C=O) groups excluding carboxylic acids is 1. The van der Waals surface area contributed by atoms with E-state index in [1.807, 2.05) is 37.3 Å². The molecule has 30 heavy (non-hydrogen) atoms. The molecule has 7 heteroatoms. The van der Waals surface area contributed by atoms with Crippen molar-refractivity contribution in [2.75, 3.05) is 31.2 Å². The predicted octanol–water partition coefficient (Wildman–Crippen LogP) is 3.11. The van der Waals surface area contributed by atoms with Crippen molar-refractivity contribution in [3.8, 4) is 0 Å². The number of nitrogens with one attached hydrogen (secondary N) is 2. The van der Waals surface area contributed by atoms with Gasteiger partial charge in [-0.2, -0.15) is 0 Å². The second kappa shape index (κ2) is 8.59. The van der Waals surface area contributed by atoms with Crippen molar-refractivity contribution in [3.05, 3.63) is 66.0 Å². The van der Waals surface area contributed by atoms with Gasteiger partial charge in [-0.15, -0.1) is 0 Å². The van der Waals surface area contributed by atoms with E-state index in [4.69, 9.17) is 4.74 Å². The zero-order valence-electron chi connectivity index (χ0n) is 17.4. The largest absolute Gasteiger partial charge is 0.378 e. The third-order valence-electron chi connectivity index (χ3n) is 5.44. The van der Waals surface area contributed by atoms with Crippen LogP contribution < -0.4 is 15.8 Å². The zero-order valence-corrected chi connectivity index (χ0v) is 17.4. The van der Waals surface area contributed by atoms with Crippen molar-refractivity contribution in [1.82, 2.24) is 20.4 Å². The molecule has 0 bridgehead atoms. The Morgan fingerprint density at radius 3 is 2.50 bits per heavy atom. The van der Waals surface area contributed by atoms with Gasteiger partial charge in [-0.25, -0.2) is 4.98 Å². The van der Waals surface area contributed by atoms with Crippen molar-refractivity contribution >= 4 is 28.3 Å². The summed E-state index contributed by atoms with van der Waals surface area (Å²) in [5.41, 5.74) is 10.7. The molecule has 0 saturated carbocycles. The van der Waals surface area contributed by atoms with Gasteiger partial charge in [0.1, 0.15) is 5.82 Å². The highest BCUT2D eigenvalue weighted by Crippen LogP contribution is 2.20. The number of hydrazine groups is 1. The predicted molar refractivity (Wildman–Crippen MR) is 119 cm³/mol. The molecule has 1 amide bonds. The van der Waals surface area contributed by atoms with E-state index in [0.29, 0.717) is 11.3 Å². The summed E-state index contributed by atoms with van der Waals surface area (Å²) in [6.07, 6.45) is 0. The van der Waals surface area contributed by atoms with E-state index in [0.717, 1.165) is 61.0 Å². The van der Waals surface area contributed by atoms with Gasteiger partial charge in [0.2, 0.25) is 0 Å². The van der Waals surface area contributed by atoms with Gasteiger partial charge >= 0.3 is 0 Å². The lowest BCUT2D eigenvalue weighted by Gasteiger charge is -2.29. The van der Waals surface area contributed by atoms with Gasteiger partial charge in [0.15, 0.2) is 0 Å². The van der Waals surface area contributed by atoms with E-state index in [1.165, 1.54) is 0 Å². The second-order valence-corrected chi connectivity index (χ2v) is 7.31. The second-order valence-electron chi connectivity index (χ2n) is 7.31. The van der Waals surface area contributed by atoms with Crippen LogP contribution in [0, 0.1) is 6.92 Å². The number of nitrogens with zero attached hydrogens (tertiary/aromatic N) is 3. The lowest BCUT2D eigenvalue weighted by molar-refractivity contribution is 0.0942. The topological polar surface area (TPSA) is 71.4 Å². The molecule has 156 valence electrons. The summed E-state index contributed by atoms with van der Waals surface area (Å²) in [7, 11) is 0. The summed E-state index contributed by atoms with van der Waals surface area (Å²) in [5.74, 6) is 0.712. The standard InChI is InChI=1S/C23H27N5O2/c1-4-28-17(3)24-21-15-19(7-10-22(21)28)23(29)26-25-16(2)18-5-8-20(9-6-18)27-11-13-30-14-12-27/h5-10,15,25H,2,4,11-14H2,1,3H3,(H,26,29). The molecule has 0 spiro atoms. The van der Waals surface area contributed by atoms with Gasteiger partial charge in [0.25, 0.3) is 5.91 Å². The number of hydrogen-bond donors (Lipinski definition) is 2. The van der Waals surface area contributed by atoms with Crippen LogP contribution in [0.2, 0.25) is 0 Å². The fourth-order valence-electron chi connectivity index (χ4n) is 3.76. The minimum absolute atomic E-state index is 0.230. The molecule has 2 N–H and O–H groups in total. The molecule has 0 unspecified atom stereocenters. The van der Waals surface area contributed by atoms with Crippen LogP contribution in [0.3, 0.4) is 0 Å². The first-order valence-electron chi connectivity index (χ1n) is 10.2. The quantitative estimate of drug-likeness (QED) is 0.617. The van der Waals surface area contributed by atoms with E-state index in [2.05, 4.69) is 50.9 Å². The number of amides is 1. The molecule has 1 fully saturated rings. The molecular formula is C23H27N5O2. The first-order valence-corrected chi connectivity index (χ1v) is 10.2. The minimum atomic E-state index is -0.230. The number of aryl methyl sites for hydroxylation is 2. The van der Waals surface area contributed by atoms with Crippen LogP contribution in [0.25, 0.3) is 16.7 Å². The molecule has 1 aliphatic heterocycles. The Labute approximate surface area is 176 Å². The van der Waals surface area contributed by atoms with Crippen molar-refractivity contribution in [2.24, 2.45) is 0 Å². The molecule has 2 heterocycles. The van der Waals surface area contributed by atoms with Gasteiger partial charge in [0.05, 0.1) is 29.9 Å². The number of ether oxygens (including phenoxy) is 1. The van der Waals surface area contributed by atoms with Crippen LogP contribution in [-0.2, 0) is 11.3 Å². The highest BCUT2D eigenvalue weighted by Gasteiger charge is 2.13. The van der Waals surface area contributed by atoms with E-state index in [9.17, 15) is 4.79 Å². The van der Waals surface area contributed by atoms with E-state index in [-0.39, 0.29) is 5.91 Å². The van der Waals surface area contributed by atoms with Gasteiger partial charge in [-0.3, -0.25) is 15.6 Å². The van der Waals surface area contributed by atoms with Crippen molar-refractivity contribution in [2.45, 2.75) is 20.4 Å². The smallest absolute Gasteiger partial charge is 0.269 e. The number of anilines is 1. The number of aromatic nitrogens is 2. The molecule has 0 radical (unpaired) electrons. The molecule has 4 rings (SSSR count). The summed E-state index contributed by atoms with van der Waals surface area (Å²) in [4.78, 5) is 19.4. The normalized spacial score (nSPS) is 14.0. The Hall–Kier alpha value is -3.32. The maximum Gasteiger partial charge on any atom is 0.269 e. The van der Waals surface area contributed by atoms with Gasteiger partial charge in [-0.1, -0.05) is 18.7 Å². The van der Waals surface area contributed by atoms with Crippen molar-refractivity contribution in [1.29, 1.82) is 0 Å². The third-order valence-corrected chi connectivity index (χ3v) is 5.44. The zero-order chi connectivity index (χ0) is 21.1. The van der Waals surface area contributed by atoms with E-state index >= 15 is 0 Å². The number of fused-ring (bicyclic) bond motifs is 1. The lowest BCUT2D eigenvalue weighted by Crippen LogP contribution is -2.36. The number of morpholine rings is 1. The Morgan fingerprint density at radius 2 is 1.80 bits per heavy atom. The fourth-order valence-corrected chi connectivity index (χ4v) is 3.76. The Bertz CT molecular complexity index is 1070. The highest BCUT2D eigenvalue weighted by atomic mass is 16.5. The number of carbonyl (C=O) groups is 1. The molecule has 1 saturated heterocycles. The maximum atomic E-state index is 12.6. The van der Waals surface area contributed by atoms with Crippen LogP contribution in [0.4, 0.5) is 5.69 Å². The van der Waals surface area contributed by atoms with Gasteiger partial charge in [-0.05, 0) is 49.7 Å². The van der Waals surface area contributed by atoms with Crippen LogP contribution >= 0.6 is 0 Å². The summed E-state index contributed by atoms with van der Waals surface area (Å²) in [6, 6.07) is 13.7. The molecule has 1 aromatic heterocycles. The number of hydrogen-bond acceptors (Lipinski definition) is 5. The van der Waals surface area contributed by atoms with Crippen LogP contribution in [-0.4, -0.2) is 41.8 Å². The SMILES string of the molecule is C=C(NNC(=O)c1ccc2c(c1)nc(C)n2CC)c1ccc(N2CCOCC2)cc1. The molecule has 0 aliphatic carbocycles. The van der Waals surface area contributed by atoms with Crippen LogP contribution in [0.1, 0.15) is 28.7 Å². The molecule has 3 aromatic rings. The first-order chi connectivity index (χ1) is 14.6. The number of benzene rings is 2. The Balaban J connectivity index is 1.38. The number of rotatable bonds is 6. The first kappa shape index (κ1) is 20.0. The molecule has 1 aliphatic rings. The van der Waals surface area contributed by atoms with Gasteiger partial charge in [0, 0.05) is 30.9 Å². The summed E-state index contributed by atoms with van der Waals surface area (Å²) >= 11 is 0. The van der Waals surface area contributed by atoms with Crippen molar-refractivity contribution < 1.29 is 9.53 Å². The van der Waals surface area contributed by atoms with Gasteiger partial charge < -0.3 is 14.2 Å². The third kappa shape index (κ3) is 4.02. The van der Waals surface area contributed by atoms with E-state index < -0.39 is 0 Å². The summed E-state index contributed by atoms with van der Waals surface area (Å²) in [6.45, 7) is 12.2. The fraction of sp³-hybridized carbons (Fsp3) is 0.304. The maximum absolute atomic E-state index is 12.6. The average Bonchev–Trinajstić information content (AvgIpc) is 3.11. The molecule has 0 atom stereocenters. The molecular weight excluding hydrogens is 378 g/mol. The lowest BCUT2D eigenvalue weighted by atomic mass is 10.1. The minimum Gasteiger partial charge on any atom is -0.378 e. The molecule has 2 aromatic carbocycles. The van der Waals surface area contributed by atoms with Crippen LogP contribution in [0.5, 0.6) is 0 Å². The van der Waals surface area contributed by atoms with Crippen LogP contribution in [0.15, 0.2) is 49.0 Å². The monoisotopic (exact) mass is 405 g/mol. The van der Waals surface area contributed by atoms with Crippen molar-refractivity contribution in [3.63, 3.8) is 0 Å². The highest BCUT2D eigenvalue weighted by molar-refractivity contribution is 5.97. The molecule has 7 nitrogen and oxygen atoms in total. The number of imidazole rings is 1. The van der Waals surface area contributed by atoms with E-state index in [1.54, 1.807) is 0 Å². The summed E-state index contributed by atoms with van der Waals surface area (Å²) < 4.78 is 7.52. The Morgan fingerprint density at radius 1 is 1.10 bits per heavy atom. The Kier molecular flexibility index (Phi) is 5.72. The average molecular weight is 406 g/mol. The summed E-state index contributed by atoms with van der Waals surface area (Å²) in [5, 5.41) is 0.